The second-order valence-electron chi connectivity index (χ2n) is 4.41. The van der Waals surface area contributed by atoms with Crippen LogP contribution in [0.1, 0.15) is 23.2 Å². The molecule has 0 atom stereocenters. The molecular weight excluding hydrogens is 246 g/mol. The van der Waals surface area contributed by atoms with Crippen LogP contribution in [0.3, 0.4) is 0 Å². The van der Waals surface area contributed by atoms with Gasteiger partial charge in [0.25, 0.3) is 5.91 Å². The zero-order valence-electron chi connectivity index (χ0n) is 11.6. The van der Waals surface area contributed by atoms with Gasteiger partial charge in [-0.3, -0.25) is 4.79 Å². The standard InChI is InChI=1S/C14H19NO4/c1-17-10-8-11(18-2)13(12(9-10)19-3)14(16)15-6-4-5-7-15/h8-9H,4-7H2,1-3H3. The van der Waals surface area contributed by atoms with Crippen LogP contribution in [0.15, 0.2) is 12.1 Å². The molecule has 0 aromatic heterocycles. The highest BCUT2D eigenvalue weighted by Crippen LogP contribution is 2.35. The Morgan fingerprint density at radius 1 is 1.00 bits per heavy atom. The van der Waals surface area contributed by atoms with Crippen molar-refractivity contribution < 1.29 is 19.0 Å². The Hall–Kier alpha value is -1.91. The summed E-state index contributed by atoms with van der Waals surface area (Å²) in [4.78, 5) is 14.4. The lowest BCUT2D eigenvalue weighted by atomic mass is 10.1. The van der Waals surface area contributed by atoms with Crippen molar-refractivity contribution in [3.05, 3.63) is 17.7 Å². The zero-order chi connectivity index (χ0) is 13.8. The number of hydrogen-bond donors (Lipinski definition) is 0. The minimum absolute atomic E-state index is 0.0474. The van der Waals surface area contributed by atoms with Gasteiger partial charge in [0.2, 0.25) is 0 Å². The average Bonchev–Trinajstić information content (AvgIpc) is 2.99. The number of nitrogens with zero attached hydrogens (tertiary/aromatic N) is 1. The molecule has 1 aliphatic rings. The molecule has 0 saturated carbocycles. The minimum Gasteiger partial charge on any atom is -0.496 e. The number of methoxy groups -OCH3 is 3. The lowest BCUT2D eigenvalue weighted by Crippen LogP contribution is -2.28. The van der Waals surface area contributed by atoms with Crippen molar-refractivity contribution in [3.63, 3.8) is 0 Å². The van der Waals surface area contributed by atoms with Gasteiger partial charge in [0.1, 0.15) is 22.8 Å². The summed E-state index contributed by atoms with van der Waals surface area (Å²) in [5.74, 6) is 1.52. The van der Waals surface area contributed by atoms with Gasteiger partial charge in [-0.2, -0.15) is 0 Å². The second-order valence-corrected chi connectivity index (χ2v) is 4.41. The summed E-state index contributed by atoms with van der Waals surface area (Å²) in [6, 6.07) is 3.40. The highest BCUT2D eigenvalue weighted by atomic mass is 16.5. The maximum Gasteiger partial charge on any atom is 0.261 e. The van der Waals surface area contributed by atoms with Gasteiger partial charge in [0.15, 0.2) is 0 Å². The molecule has 5 nitrogen and oxygen atoms in total. The van der Waals surface area contributed by atoms with E-state index < -0.39 is 0 Å². The van der Waals surface area contributed by atoms with E-state index in [4.69, 9.17) is 14.2 Å². The van der Waals surface area contributed by atoms with E-state index in [2.05, 4.69) is 0 Å². The summed E-state index contributed by atoms with van der Waals surface area (Å²) in [5.41, 5.74) is 0.465. The topological polar surface area (TPSA) is 48.0 Å². The molecule has 104 valence electrons. The van der Waals surface area contributed by atoms with Crippen LogP contribution >= 0.6 is 0 Å². The maximum absolute atomic E-state index is 12.5. The molecule has 1 amide bonds. The quantitative estimate of drug-likeness (QED) is 0.835. The average molecular weight is 265 g/mol. The summed E-state index contributed by atoms with van der Waals surface area (Å²) in [6.45, 7) is 1.58. The molecule has 1 aromatic carbocycles. The maximum atomic E-state index is 12.5. The van der Waals surface area contributed by atoms with Gasteiger partial charge in [-0.1, -0.05) is 0 Å². The third-order valence-corrected chi connectivity index (χ3v) is 3.32. The van der Waals surface area contributed by atoms with Crippen LogP contribution in [0, 0.1) is 0 Å². The van der Waals surface area contributed by atoms with Crippen molar-refractivity contribution in [2.75, 3.05) is 34.4 Å². The Labute approximate surface area is 113 Å². The van der Waals surface area contributed by atoms with E-state index in [-0.39, 0.29) is 5.91 Å². The SMILES string of the molecule is COc1cc(OC)c(C(=O)N2CCCC2)c(OC)c1. The fraction of sp³-hybridized carbons (Fsp3) is 0.500. The summed E-state index contributed by atoms with van der Waals surface area (Å²) < 4.78 is 15.8. The fourth-order valence-corrected chi connectivity index (χ4v) is 2.29. The van der Waals surface area contributed by atoms with Crippen LogP contribution in [0.25, 0.3) is 0 Å². The second kappa shape index (κ2) is 5.82. The first-order chi connectivity index (χ1) is 9.21. The molecule has 0 radical (unpaired) electrons. The molecule has 0 unspecified atom stereocenters. The van der Waals surface area contributed by atoms with E-state index in [1.54, 1.807) is 19.2 Å². The Morgan fingerprint density at radius 2 is 1.53 bits per heavy atom. The molecule has 0 spiro atoms. The first-order valence-electron chi connectivity index (χ1n) is 6.30. The molecular formula is C14H19NO4. The van der Waals surface area contributed by atoms with Crippen LogP contribution in [-0.4, -0.2) is 45.2 Å². The highest BCUT2D eigenvalue weighted by molar-refractivity contribution is 6.00. The molecule has 1 fully saturated rings. The first kappa shape index (κ1) is 13.5. The van der Waals surface area contributed by atoms with Gasteiger partial charge in [0, 0.05) is 25.2 Å². The number of likely N-dealkylation sites (tertiary alicyclic amines) is 1. The fourth-order valence-electron chi connectivity index (χ4n) is 2.29. The zero-order valence-corrected chi connectivity index (χ0v) is 11.6. The Balaban J connectivity index is 2.44. The number of ether oxygens (including phenoxy) is 3. The van der Waals surface area contributed by atoms with Crippen LogP contribution in [0.2, 0.25) is 0 Å². The minimum atomic E-state index is -0.0474. The van der Waals surface area contributed by atoms with Crippen LogP contribution in [-0.2, 0) is 0 Å². The van der Waals surface area contributed by atoms with Gasteiger partial charge in [0.05, 0.1) is 21.3 Å². The Kier molecular flexibility index (Phi) is 4.14. The van der Waals surface area contributed by atoms with Crippen molar-refractivity contribution in [2.24, 2.45) is 0 Å². The molecule has 1 aromatic rings. The molecule has 0 aliphatic carbocycles. The normalized spacial score (nSPS) is 14.4. The van der Waals surface area contributed by atoms with Gasteiger partial charge in [-0.25, -0.2) is 0 Å². The molecule has 5 heteroatoms. The lowest BCUT2D eigenvalue weighted by molar-refractivity contribution is 0.0786. The van der Waals surface area contributed by atoms with E-state index in [1.165, 1.54) is 14.2 Å². The molecule has 1 saturated heterocycles. The van der Waals surface area contributed by atoms with Gasteiger partial charge < -0.3 is 19.1 Å². The van der Waals surface area contributed by atoms with Gasteiger partial charge >= 0.3 is 0 Å². The lowest BCUT2D eigenvalue weighted by Gasteiger charge is -2.19. The number of hydrogen-bond acceptors (Lipinski definition) is 4. The van der Waals surface area contributed by atoms with E-state index >= 15 is 0 Å². The smallest absolute Gasteiger partial charge is 0.261 e. The molecule has 2 rings (SSSR count). The third kappa shape index (κ3) is 2.59. The van der Waals surface area contributed by atoms with E-state index in [9.17, 15) is 4.79 Å². The highest BCUT2D eigenvalue weighted by Gasteiger charge is 2.26. The third-order valence-electron chi connectivity index (χ3n) is 3.32. The van der Waals surface area contributed by atoms with Gasteiger partial charge in [-0.05, 0) is 12.8 Å². The van der Waals surface area contributed by atoms with Crippen molar-refractivity contribution >= 4 is 5.91 Å². The summed E-state index contributed by atoms with van der Waals surface area (Å²) in [5, 5.41) is 0. The van der Waals surface area contributed by atoms with Crippen LogP contribution in [0.4, 0.5) is 0 Å². The number of carbonyl (C=O) groups excluding carboxylic acids is 1. The van der Waals surface area contributed by atoms with Crippen molar-refractivity contribution in [3.8, 4) is 17.2 Å². The predicted octanol–water partition coefficient (Wildman–Crippen LogP) is 1.95. The predicted molar refractivity (Wildman–Crippen MR) is 71.2 cm³/mol. The summed E-state index contributed by atoms with van der Waals surface area (Å²) >= 11 is 0. The van der Waals surface area contributed by atoms with E-state index in [0.29, 0.717) is 22.8 Å². The van der Waals surface area contributed by atoms with Crippen molar-refractivity contribution in [2.45, 2.75) is 12.8 Å². The van der Waals surface area contributed by atoms with Crippen LogP contribution < -0.4 is 14.2 Å². The summed E-state index contributed by atoms with van der Waals surface area (Å²) in [7, 11) is 4.64. The molecule has 0 bridgehead atoms. The van der Waals surface area contributed by atoms with Gasteiger partial charge in [-0.15, -0.1) is 0 Å². The number of benzene rings is 1. The Morgan fingerprint density at radius 3 is 1.95 bits per heavy atom. The number of amides is 1. The molecule has 1 aliphatic heterocycles. The van der Waals surface area contributed by atoms with Crippen LogP contribution in [0.5, 0.6) is 17.2 Å². The van der Waals surface area contributed by atoms with Crippen molar-refractivity contribution in [1.29, 1.82) is 0 Å². The molecule has 1 heterocycles. The first-order valence-corrected chi connectivity index (χ1v) is 6.30. The van der Waals surface area contributed by atoms with E-state index in [0.717, 1.165) is 25.9 Å². The molecule has 0 N–H and O–H groups in total. The molecule has 19 heavy (non-hydrogen) atoms. The number of carbonyl (C=O) groups is 1. The number of rotatable bonds is 4. The van der Waals surface area contributed by atoms with Crippen molar-refractivity contribution in [1.82, 2.24) is 4.90 Å². The summed E-state index contributed by atoms with van der Waals surface area (Å²) in [6.07, 6.45) is 2.10. The monoisotopic (exact) mass is 265 g/mol. The van der Waals surface area contributed by atoms with E-state index in [1.807, 2.05) is 4.90 Å². The largest absolute Gasteiger partial charge is 0.496 e. The Bertz CT molecular complexity index is 442.